The molecule has 1 aromatic heterocycles. The zero-order valence-electron chi connectivity index (χ0n) is 15.2. The maximum atomic E-state index is 12.6. The zero-order chi connectivity index (χ0) is 18.5. The van der Waals surface area contributed by atoms with E-state index in [1.165, 1.54) is 5.56 Å². The lowest BCUT2D eigenvalue weighted by atomic mass is 10.1. The summed E-state index contributed by atoms with van der Waals surface area (Å²) in [6.07, 6.45) is 0. The number of amides is 1. The highest BCUT2D eigenvalue weighted by Gasteiger charge is 2.27. The molecule has 4 nitrogen and oxygen atoms in total. The molecule has 0 radical (unpaired) electrons. The van der Waals surface area contributed by atoms with E-state index >= 15 is 0 Å². The fourth-order valence-corrected chi connectivity index (χ4v) is 3.75. The van der Waals surface area contributed by atoms with Crippen molar-refractivity contribution in [1.29, 1.82) is 0 Å². The van der Waals surface area contributed by atoms with Crippen LogP contribution >= 0.6 is 0 Å². The molecule has 0 aliphatic carbocycles. The Kier molecular flexibility index (Phi) is 3.41. The zero-order valence-corrected chi connectivity index (χ0v) is 15.2. The smallest absolute Gasteiger partial charge is 0.258 e. The van der Waals surface area contributed by atoms with Crippen molar-refractivity contribution in [2.24, 2.45) is 0 Å². The van der Waals surface area contributed by atoms with Crippen molar-refractivity contribution in [1.82, 2.24) is 4.98 Å². The largest absolute Gasteiger partial charge is 0.436 e. The molecular weight excluding hydrogens is 336 g/mol. The van der Waals surface area contributed by atoms with Crippen molar-refractivity contribution in [3.05, 3.63) is 82.9 Å². The van der Waals surface area contributed by atoms with Crippen LogP contribution in [0.4, 0.5) is 5.69 Å². The lowest BCUT2D eigenvalue weighted by Gasteiger charge is -2.15. The summed E-state index contributed by atoms with van der Waals surface area (Å²) in [5.74, 6) is 0.646. The Morgan fingerprint density at radius 2 is 1.78 bits per heavy atom. The molecule has 0 atom stereocenters. The molecule has 1 aliphatic rings. The van der Waals surface area contributed by atoms with Crippen molar-refractivity contribution >= 4 is 22.7 Å². The monoisotopic (exact) mass is 354 g/mol. The summed E-state index contributed by atoms with van der Waals surface area (Å²) in [6.45, 7) is 4.69. The van der Waals surface area contributed by atoms with Crippen molar-refractivity contribution in [3.63, 3.8) is 0 Å². The third kappa shape index (κ3) is 2.53. The molecule has 132 valence electrons. The van der Waals surface area contributed by atoms with Gasteiger partial charge in [-0.3, -0.25) is 4.79 Å². The first-order chi connectivity index (χ1) is 13.1. The molecule has 3 aromatic carbocycles. The Morgan fingerprint density at radius 3 is 2.56 bits per heavy atom. The van der Waals surface area contributed by atoms with Gasteiger partial charge in [0, 0.05) is 16.8 Å². The van der Waals surface area contributed by atoms with Crippen LogP contribution in [0, 0.1) is 13.8 Å². The summed E-state index contributed by atoms with van der Waals surface area (Å²) < 4.78 is 5.99. The molecule has 0 spiro atoms. The van der Waals surface area contributed by atoms with Gasteiger partial charge in [0.15, 0.2) is 5.58 Å². The number of carbonyl (C=O) groups is 1. The second-order valence-electron chi connectivity index (χ2n) is 7.04. The third-order valence-electron chi connectivity index (χ3n) is 5.07. The fourth-order valence-electron chi connectivity index (χ4n) is 3.75. The van der Waals surface area contributed by atoms with Crippen LogP contribution < -0.4 is 4.90 Å². The van der Waals surface area contributed by atoms with E-state index < -0.39 is 0 Å². The minimum absolute atomic E-state index is 0.0475. The highest BCUT2D eigenvalue weighted by atomic mass is 16.3. The van der Waals surface area contributed by atoms with Crippen LogP contribution in [0.3, 0.4) is 0 Å². The number of nitrogens with zero attached hydrogens (tertiary/aromatic N) is 2. The average Bonchev–Trinajstić information content (AvgIpc) is 3.24. The number of aryl methyl sites for hydroxylation is 2. The second-order valence-corrected chi connectivity index (χ2v) is 7.04. The Balaban J connectivity index is 1.48. The number of hydrogen-bond donors (Lipinski definition) is 0. The summed E-state index contributed by atoms with van der Waals surface area (Å²) in [4.78, 5) is 19.1. The van der Waals surface area contributed by atoms with E-state index in [0.717, 1.165) is 39.0 Å². The molecule has 0 bridgehead atoms. The second kappa shape index (κ2) is 5.81. The first-order valence-corrected chi connectivity index (χ1v) is 8.98. The number of anilines is 1. The van der Waals surface area contributed by atoms with E-state index in [0.29, 0.717) is 12.4 Å². The summed E-state index contributed by atoms with van der Waals surface area (Å²) in [6, 6.07) is 19.7. The molecule has 0 saturated carbocycles. The molecule has 27 heavy (non-hydrogen) atoms. The number of benzene rings is 3. The third-order valence-corrected chi connectivity index (χ3v) is 5.07. The normalized spacial score (nSPS) is 13.4. The molecule has 0 fully saturated rings. The summed E-state index contributed by atoms with van der Waals surface area (Å²) in [5, 5.41) is 0. The molecule has 0 N–H and O–H groups in total. The van der Waals surface area contributed by atoms with E-state index in [9.17, 15) is 4.79 Å². The first kappa shape index (κ1) is 15.8. The minimum Gasteiger partial charge on any atom is -0.436 e. The number of rotatable bonds is 2. The van der Waals surface area contributed by atoms with Gasteiger partial charge in [-0.25, -0.2) is 4.98 Å². The SMILES string of the molecule is Cc1cc(C)c2oc(-c3ccc(N4Cc5ccccc5C4=O)cc3)nc2c1. The summed E-state index contributed by atoms with van der Waals surface area (Å²) in [7, 11) is 0. The van der Waals surface area contributed by atoms with Gasteiger partial charge in [-0.15, -0.1) is 0 Å². The van der Waals surface area contributed by atoms with E-state index in [1.54, 1.807) is 4.90 Å². The van der Waals surface area contributed by atoms with Crippen LogP contribution in [0.25, 0.3) is 22.6 Å². The van der Waals surface area contributed by atoms with Crippen molar-refractivity contribution in [2.75, 3.05) is 4.90 Å². The highest BCUT2D eigenvalue weighted by Crippen LogP contribution is 2.31. The number of fused-ring (bicyclic) bond motifs is 2. The average molecular weight is 354 g/mol. The van der Waals surface area contributed by atoms with Gasteiger partial charge >= 0.3 is 0 Å². The highest BCUT2D eigenvalue weighted by molar-refractivity contribution is 6.10. The number of oxazole rings is 1. The van der Waals surface area contributed by atoms with Crippen LogP contribution in [0.2, 0.25) is 0 Å². The van der Waals surface area contributed by atoms with Gasteiger partial charge in [0.1, 0.15) is 5.52 Å². The van der Waals surface area contributed by atoms with Gasteiger partial charge in [0.05, 0.1) is 6.54 Å². The minimum atomic E-state index is 0.0475. The molecule has 4 aromatic rings. The van der Waals surface area contributed by atoms with E-state index in [1.807, 2.05) is 61.5 Å². The van der Waals surface area contributed by atoms with Crippen molar-refractivity contribution in [2.45, 2.75) is 20.4 Å². The molecular formula is C23H18N2O2. The van der Waals surface area contributed by atoms with Crippen LogP contribution in [-0.2, 0) is 6.54 Å². The van der Waals surface area contributed by atoms with Gasteiger partial charge in [-0.05, 0) is 66.9 Å². The Hall–Kier alpha value is -3.40. The van der Waals surface area contributed by atoms with Crippen LogP contribution in [0.5, 0.6) is 0 Å². The molecule has 5 rings (SSSR count). The molecule has 0 unspecified atom stereocenters. The Bertz CT molecular complexity index is 1190. The van der Waals surface area contributed by atoms with Crippen molar-refractivity contribution in [3.8, 4) is 11.5 Å². The number of hydrogen-bond acceptors (Lipinski definition) is 3. The maximum absolute atomic E-state index is 12.6. The lowest BCUT2D eigenvalue weighted by Crippen LogP contribution is -2.22. The van der Waals surface area contributed by atoms with Gasteiger partial charge in [0.2, 0.25) is 5.89 Å². The quantitative estimate of drug-likeness (QED) is 0.492. The van der Waals surface area contributed by atoms with E-state index in [2.05, 4.69) is 18.0 Å². The van der Waals surface area contributed by atoms with Crippen LogP contribution in [-0.4, -0.2) is 10.9 Å². The Morgan fingerprint density at radius 1 is 1.00 bits per heavy atom. The van der Waals surface area contributed by atoms with Gasteiger partial charge in [-0.1, -0.05) is 24.3 Å². The van der Waals surface area contributed by atoms with Gasteiger partial charge < -0.3 is 9.32 Å². The number of carbonyl (C=O) groups excluding carboxylic acids is 1. The molecule has 0 saturated heterocycles. The van der Waals surface area contributed by atoms with Crippen LogP contribution in [0.1, 0.15) is 27.0 Å². The summed E-state index contributed by atoms with van der Waals surface area (Å²) in [5.41, 5.74) is 7.58. The predicted molar refractivity (Wildman–Crippen MR) is 106 cm³/mol. The van der Waals surface area contributed by atoms with E-state index in [-0.39, 0.29) is 5.91 Å². The van der Waals surface area contributed by atoms with Crippen LogP contribution in [0.15, 0.2) is 65.1 Å². The Labute approximate surface area is 157 Å². The molecule has 4 heteroatoms. The van der Waals surface area contributed by atoms with Crippen molar-refractivity contribution < 1.29 is 9.21 Å². The molecule has 2 heterocycles. The van der Waals surface area contributed by atoms with E-state index in [4.69, 9.17) is 4.42 Å². The van der Waals surface area contributed by atoms with Gasteiger partial charge in [0.25, 0.3) is 5.91 Å². The lowest BCUT2D eigenvalue weighted by molar-refractivity contribution is 0.0996. The topological polar surface area (TPSA) is 46.3 Å². The fraction of sp³-hybridized carbons (Fsp3) is 0.130. The standard InChI is InChI=1S/C23H18N2O2/c1-14-11-15(2)21-20(12-14)24-22(27-21)16-7-9-18(10-8-16)25-13-17-5-3-4-6-19(17)23(25)26/h3-12H,13H2,1-2H3. The maximum Gasteiger partial charge on any atom is 0.258 e. The predicted octanol–water partition coefficient (Wildman–Crippen LogP) is 5.27. The molecule has 1 amide bonds. The first-order valence-electron chi connectivity index (χ1n) is 8.98. The summed E-state index contributed by atoms with van der Waals surface area (Å²) >= 11 is 0. The molecule has 1 aliphatic heterocycles. The number of aromatic nitrogens is 1. The van der Waals surface area contributed by atoms with Gasteiger partial charge in [-0.2, -0.15) is 0 Å².